The first-order chi connectivity index (χ1) is 8.04. The number of carbonyl (C=O) groups is 1. The van der Waals surface area contributed by atoms with E-state index in [9.17, 15) is 4.79 Å². The van der Waals surface area contributed by atoms with Gasteiger partial charge >= 0.3 is 5.97 Å². The predicted molar refractivity (Wildman–Crippen MR) is 48.7 cm³/mol. The van der Waals surface area contributed by atoms with Crippen LogP contribution in [0.5, 0.6) is 0 Å². The Balaban J connectivity index is 5.36. The zero-order valence-corrected chi connectivity index (χ0v) is 7.47. The van der Waals surface area contributed by atoms with Gasteiger partial charge in [0.1, 0.15) is 6.04 Å². The van der Waals surface area contributed by atoms with Crippen LogP contribution in [0.4, 0.5) is 0 Å². The van der Waals surface area contributed by atoms with Crippen molar-refractivity contribution >= 4 is 5.97 Å². The van der Waals surface area contributed by atoms with Crippen LogP contribution < -0.4 is 5.73 Å². The van der Waals surface area contributed by atoms with Gasteiger partial charge in [0.15, 0.2) is 0 Å². The summed E-state index contributed by atoms with van der Waals surface area (Å²) in [6, 6.07) is -1.23. The Morgan fingerprint density at radius 3 is 2.42 bits per heavy atom. The highest BCUT2D eigenvalue weighted by Gasteiger charge is 2.29. The van der Waals surface area contributed by atoms with Gasteiger partial charge in [0.2, 0.25) is 0 Å². The van der Waals surface area contributed by atoms with Gasteiger partial charge in [-0.15, -0.1) is 0 Å². The van der Waals surface area contributed by atoms with E-state index in [0.717, 1.165) is 0 Å². The molecule has 0 rings (SSSR count). The van der Waals surface area contributed by atoms with Gasteiger partial charge in [0.05, 0.1) is 7.45 Å². The van der Waals surface area contributed by atoms with Gasteiger partial charge in [0, 0.05) is 8.22 Å². The normalized spacial score (nSPS) is 26.2. The fourth-order valence-electron chi connectivity index (χ4n) is 0.518. The van der Waals surface area contributed by atoms with Crippen molar-refractivity contribution in [3.63, 3.8) is 0 Å². The van der Waals surface area contributed by atoms with Gasteiger partial charge in [-0.2, -0.15) is 0 Å². The minimum absolute atomic E-state index is 0.749. The molecule has 0 aromatic rings. The fraction of sp³-hybridized carbons (Fsp3) is 0.889. The summed E-state index contributed by atoms with van der Waals surface area (Å²) in [5.41, 5.74) is 4.81. The second-order valence-corrected chi connectivity index (χ2v) is 3.59. The average Bonchev–Trinajstić information content (AvgIpc) is 2.11. The van der Waals surface area contributed by atoms with E-state index in [1.807, 2.05) is 0 Å². The maximum absolute atomic E-state index is 11.7. The molecule has 0 radical (unpaired) electrons. The molecule has 0 aliphatic rings. The average molecular weight is 180 g/mol. The van der Waals surface area contributed by atoms with E-state index in [2.05, 4.69) is 4.74 Å². The summed E-state index contributed by atoms with van der Waals surface area (Å²) in [5.74, 6) is -1.23. The van der Waals surface area contributed by atoms with Gasteiger partial charge in [0.25, 0.3) is 0 Å². The second kappa shape index (κ2) is 3.90. The quantitative estimate of drug-likeness (QED) is 0.652. The van der Waals surface area contributed by atoms with Crippen molar-refractivity contribution in [2.24, 2.45) is 11.1 Å². The number of nitrogens with two attached hydrogens (primary N) is 1. The molecule has 0 heterocycles. The zero-order valence-electron chi connectivity index (χ0n) is 14.5. The summed E-state index contributed by atoms with van der Waals surface area (Å²) in [4.78, 5) is 11.7. The molecule has 0 amide bonds. The van der Waals surface area contributed by atoms with E-state index in [0.29, 0.717) is 0 Å². The molecule has 0 fully saturated rings. The summed E-state index contributed by atoms with van der Waals surface area (Å²) >= 11 is 0. The maximum Gasteiger partial charge on any atom is 0.323 e. The molecule has 0 saturated carbocycles. The SMILES string of the molecule is [2H]C([2H])([2H])C([2H])(OC(=O)[C@@H](N)C(C)(C)C)C([2H])([2H])[2H]. The zero-order chi connectivity index (χ0) is 15.9. The van der Waals surface area contributed by atoms with Crippen molar-refractivity contribution in [2.75, 3.05) is 0 Å². The summed E-state index contributed by atoms with van der Waals surface area (Å²) in [5, 5.41) is 0. The fourth-order valence-corrected chi connectivity index (χ4v) is 0.518. The molecule has 0 aromatic carbocycles. The highest BCUT2D eigenvalue weighted by atomic mass is 16.5. The Labute approximate surface area is 84.1 Å². The number of esters is 1. The van der Waals surface area contributed by atoms with Crippen molar-refractivity contribution in [3.05, 3.63) is 0 Å². The third-order valence-corrected chi connectivity index (χ3v) is 1.39. The van der Waals surface area contributed by atoms with Crippen LogP contribution in [0, 0.1) is 5.41 Å². The minimum Gasteiger partial charge on any atom is -0.462 e. The van der Waals surface area contributed by atoms with Crippen LogP contribution in [0.3, 0.4) is 0 Å². The standard InChI is InChI=1S/C9H19NO2/c1-6(2)12-8(11)7(10)9(3,4)5/h6-7H,10H2,1-5H3/t7-/m1/s1/i1D3,2D3,6D. The summed E-state index contributed by atoms with van der Waals surface area (Å²) in [6.45, 7) is -1.81. The molecule has 3 heteroatoms. The Hall–Kier alpha value is -0.570. The minimum atomic E-state index is -3.33. The van der Waals surface area contributed by atoms with Crippen molar-refractivity contribution in [1.82, 2.24) is 0 Å². The lowest BCUT2D eigenvalue weighted by Gasteiger charge is -2.25. The first kappa shape index (κ1) is 4.09. The largest absolute Gasteiger partial charge is 0.462 e. The molecule has 0 aliphatic heterocycles. The van der Waals surface area contributed by atoms with Crippen molar-refractivity contribution in [1.29, 1.82) is 0 Å². The Morgan fingerprint density at radius 2 is 2.08 bits per heavy atom. The van der Waals surface area contributed by atoms with E-state index in [4.69, 9.17) is 15.3 Å². The Bertz CT molecular complexity index is 328. The molecule has 0 bridgehead atoms. The predicted octanol–water partition coefficient (Wildman–Crippen LogP) is 1.31. The number of rotatable bonds is 2. The maximum atomic E-state index is 11.7. The van der Waals surface area contributed by atoms with E-state index in [1.54, 1.807) is 20.8 Å². The first-order valence-electron chi connectivity index (χ1n) is 7.02. The van der Waals surface area contributed by atoms with Crippen LogP contribution in [0.25, 0.3) is 0 Å². The molecule has 0 aromatic heterocycles. The lowest BCUT2D eigenvalue weighted by molar-refractivity contribution is -0.151. The van der Waals surface area contributed by atoms with E-state index >= 15 is 0 Å². The lowest BCUT2D eigenvalue weighted by atomic mass is 9.87. The molecule has 0 unspecified atom stereocenters. The van der Waals surface area contributed by atoms with Gasteiger partial charge in [-0.3, -0.25) is 4.79 Å². The lowest BCUT2D eigenvalue weighted by Crippen LogP contribution is -2.44. The number of carbonyl (C=O) groups excluding carboxylic acids is 1. The van der Waals surface area contributed by atoms with E-state index in [-0.39, 0.29) is 0 Å². The third kappa shape index (κ3) is 3.72. The number of hydrogen-bond acceptors (Lipinski definition) is 3. The van der Waals surface area contributed by atoms with Crippen LogP contribution >= 0.6 is 0 Å². The number of hydrogen-bond donors (Lipinski definition) is 1. The smallest absolute Gasteiger partial charge is 0.323 e. The van der Waals surface area contributed by atoms with Crippen LogP contribution in [0.15, 0.2) is 0 Å². The van der Waals surface area contributed by atoms with Crippen LogP contribution in [0.1, 0.15) is 44.1 Å². The van der Waals surface area contributed by atoms with Crippen molar-refractivity contribution in [3.8, 4) is 0 Å². The first-order valence-corrected chi connectivity index (χ1v) is 3.52. The molecule has 0 spiro atoms. The van der Waals surface area contributed by atoms with Crippen LogP contribution in [-0.2, 0) is 9.53 Å². The van der Waals surface area contributed by atoms with Crippen LogP contribution in [-0.4, -0.2) is 18.1 Å². The monoisotopic (exact) mass is 180 g/mol. The molecule has 1 atom stereocenters. The molecule has 0 saturated heterocycles. The molecular weight excluding hydrogens is 154 g/mol. The molecule has 12 heavy (non-hydrogen) atoms. The van der Waals surface area contributed by atoms with Gasteiger partial charge < -0.3 is 10.5 Å². The highest BCUT2D eigenvalue weighted by molar-refractivity contribution is 5.76. The molecule has 0 aliphatic carbocycles. The molecule has 3 nitrogen and oxygen atoms in total. The summed E-state index contributed by atoms with van der Waals surface area (Å²) in [7, 11) is 0. The molecule has 72 valence electrons. The van der Waals surface area contributed by atoms with Crippen LogP contribution in [0.2, 0.25) is 0 Å². The van der Waals surface area contributed by atoms with E-state index in [1.165, 1.54) is 0 Å². The highest BCUT2D eigenvalue weighted by Crippen LogP contribution is 2.18. The topological polar surface area (TPSA) is 52.3 Å². The summed E-state index contributed by atoms with van der Waals surface area (Å²) in [6.07, 6.45) is -3.33. The Kier molecular flexibility index (Phi) is 1.33. The third-order valence-electron chi connectivity index (χ3n) is 1.39. The van der Waals surface area contributed by atoms with Crippen molar-refractivity contribution in [2.45, 2.75) is 46.6 Å². The summed E-state index contributed by atoms with van der Waals surface area (Å²) < 4.78 is 54.6. The Morgan fingerprint density at radius 1 is 1.58 bits per heavy atom. The van der Waals surface area contributed by atoms with Crippen molar-refractivity contribution < 1.29 is 19.1 Å². The number of ether oxygens (including phenoxy) is 1. The van der Waals surface area contributed by atoms with E-state index < -0.39 is 37.2 Å². The molecule has 2 N–H and O–H groups in total. The van der Waals surface area contributed by atoms with Gasteiger partial charge in [-0.05, 0) is 19.1 Å². The second-order valence-electron chi connectivity index (χ2n) is 3.59. The van der Waals surface area contributed by atoms with Gasteiger partial charge in [-0.25, -0.2) is 0 Å². The molecular formula is C9H19NO2. The van der Waals surface area contributed by atoms with Gasteiger partial charge in [-0.1, -0.05) is 20.8 Å².